The van der Waals surface area contributed by atoms with Crippen molar-refractivity contribution in [2.75, 3.05) is 13.6 Å². The van der Waals surface area contributed by atoms with Crippen molar-refractivity contribution in [3.63, 3.8) is 0 Å². The number of nitrogens with zero attached hydrogens (tertiary/aromatic N) is 1. The highest BCUT2D eigenvalue weighted by molar-refractivity contribution is 6.06. The summed E-state index contributed by atoms with van der Waals surface area (Å²) in [5.41, 5.74) is 1.73. The van der Waals surface area contributed by atoms with Crippen molar-refractivity contribution in [3.8, 4) is 0 Å². The zero-order chi connectivity index (χ0) is 13.9. The van der Waals surface area contributed by atoms with Gasteiger partial charge in [-0.2, -0.15) is 0 Å². The summed E-state index contributed by atoms with van der Waals surface area (Å²) in [5, 5.41) is 9.26. The second kappa shape index (κ2) is 5.67. The first kappa shape index (κ1) is 14.2. The fourth-order valence-electron chi connectivity index (χ4n) is 1.99. The predicted molar refractivity (Wildman–Crippen MR) is 70.1 cm³/mol. The van der Waals surface area contributed by atoms with Crippen molar-refractivity contribution in [2.45, 2.75) is 27.2 Å². The van der Waals surface area contributed by atoms with E-state index in [0.717, 1.165) is 6.42 Å². The van der Waals surface area contributed by atoms with Crippen LogP contribution in [0.4, 0.5) is 0 Å². The molecule has 0 saturated carbocycles. The van der Waals surface area contributed by atoms with Crippen LogP contribution >= 0.6 is 0 Å². The van der Waals surface area contributed by atoms with Crippen LogP contribution in [-0.2, 0) is 0 Å². The number of aromatic carboxylic acids is 1. The van der Waals surface area contributed by atoms with Crippen molar-refractivity contribution >= 4 is 11.9 Å². The molecule has 0 bridgehead atoms. The molecule has 1 N–H and O–H groups in total. The van der Waals surface area contributed by atoms with Gasteiger partial charge >= 0.3 is 5.97 Å². The molecule has 0 atom stereocenters. The minimum absolute atomic E-state index is 0.114. The SMILES string of the molecule is CCCN(C)C(=O)c1c(C)ccc(C)c1C(=O)O. The van der Waals surface area contributed by atoms with Crippen LogP contribution in [0.2, 0.25) is 0 Å². The van der Waals surface area contributed by atoms with E-state index in [2.05, 4.69) is 0 Å². The average molecular weight is 249 g/mol. The molecule has 1 rings (SSSR count). The summed E-state index contributed by atoms with van der Waals surface area (Å²) in [6.07, 6.45) is 0.843. The largest absolute Gasteiger partial charge is 0.478 e. The summed E-state index contributed by atoms with van der Waals surface area (Å²) in [6, 6.07) is 3.52. The fraction of sp³-hybridized carbons (Fsp3) is 0.429. The summed E-state index contributed by atoms with van der Waals surface area (Å²) >= 11 is 0. The maximum atomic E-state index is 12.3. The van der Waals surface area contributed by atoms with Crippen LogP contribution in [0.25, 0.3) is 0 Å². The molecule has 0 aliphatic rings. The lowest BCUT2D eigenvalue weighted by atomic mass is 9.96. The monoisotopic (exact) mass is 249 g/mol. The molecule has 18 heavy (non-hydrogen) atoms. The standard InChI is InChI=1S/C14H19NO3/c1-5-8-15(4)13(16)11-9(2)6-7-10(3)12(11)14(17)18/h6-7H,5,8H2,1-4H3,(H,17,18). The maximum Gasteiger partial charge on any atom is 0.336 e. The normalized spacial score (nSPS) is 10.2. The van der Waals surface area contributed by atoms with Crippen molar-refractivity contribution in [2.24, 2.45) is 0 Å². The van der Waals surface area contributed by atoms with E-state index in [9.17, 15) is 14.7 Å². The van der Waals surface area contributed by atoms with Crippen LogP contribution in [0.3, 0.4) is 0 Å². The first-order valence-corrected chi connectivity index (χ1v) is 5.99. The molecule has 0 saturated heterocycles. The molecule has 1 amide bonds. The van der Waals surface area contributed by atoms with Gasteiger partial charge in [0, 0.05) is 13.6 Å². The number of benzene rings is 1. The number of aryl methyl sites for hydroxylation is 2. The summed E-state index contributed by atoms with van der Waals surface area (Å²) in [4.78, 5) is 25.2. The van der Waals surface area contributed by atoms with Gasteiger partial charge in [-0.25, -0.2) is 4.79 Å². The van der Waals surface area contributed by atoms with Gasteiger partial charge in [-0.3, -0.25) is 4.79 Å². The fourth-order valence-corrected chi connectivity index (χ4v) is 1.99. The molecule has 0 heterocycles. The molecule has 0 aliphatic heterocycles. The van der Waals surface area contributed by atoms with E-state index >= 15 is 0 Å². The average Bonchev–Trinajstić information content (AvgIpc) is 2.30. The number of hydrogen-bond acceptors (Lipinski definition) is 2. The Morgan fingerprint density at radius 1 is 1.17 bits per heavy atom. The highest BCUT2D eigenvalue weighted by atomic mass is 16.4. The van der Waals surface area contributed by atoms with Crippen LogP contribution < -0.4 is 0 Å². The number of carbonyl (C=O) groups excluding carboxylic acids is 1. The Hall–Kier alpha value is -1.84. The van der Waals surface area contributed by atoms with Crippen LogP contribution in [0.5, 0.6) is 0 Å². The molecular formula is C14H19NO3. The van der Waals surface area contributed by atoms with Crippen LogP contribution in [0, 0.1) is 13.8 Å². The third-order valence-corrected chi connectivity index (χ3v) is 2.96. The van der Waals surface area contributed by atoms with Crippen molar-refractivity contribution in [1.82, 2.24) is 4.90 Å². The number of carboxylic acid groups (broad SMARTS) is 1. The first-order valence-electron chi connectivity index (χ1n) is 5.99. The Morgan fingerprint density at radius 3 is 2.11 bits per heavy atom. The minimum Gasteiger partial charge on any atom is -0.478 e. The van der Waals surface area contributed by atoms with E-state index in [1.807, 2.05) is 6.92 Å². The predicted octanol–water partition coefficient (Wildman–Crippen LogP) is 2.48. The summed E-state index contributed by atoms with van der Waals surface area (Å²) in [6.45, 7) is 6.06. The van der Waals surface area contributed by atoms with Gasteiger partial charge in [-0.15, -0.1) is 0 Å². The van der Waals surface area contributed by atoms with Gasteiger partial charge < -0.3 is 10.0 Å². The lowest BCUT2D eigenvalue weighted by Gasteiger charge is -2.19. The Kier molecular flexibility index (Phi) is 4.48. The third-order valence-electron chi connectivity index (χ3n) is 2.96. The van der Waals surface area contributed by atoms with Gasteiger partial charge in [0.2, 0.25) is 0 Å². The highest BCUT2D eigenvalue weighted by Crippen LogP contribution is 2.20. The summed E-state index contributed by atoms with van der Waals surface area (Å²) in [7, 11) is 1.69. The van der Waals surface area contributed by atoms with E-state index in [1.54, 1.807) is 37.9 Å². The third kappa shape index (κ3) is 2.70. The van der Waals surface area contributed by atoms with Gasteiger partial charge in [0.25, 0.3) is 5.91 Å². The second-order valence-corrected chi connectivity index (χ2v) is 4.48. The van der Waals surface area contributed by atoms with E-state index in [4.69, 9.17) is 0 Å². The minimum atomic E-state index is -1.05. The molecule has 0 fully saturated rings. The summed E-state index contributed by atoms with van der Waals surface area (Å²) < 4.78 is 0. The second-order valence-electron chi connectivity index (χ2n) is 4.48. The molecule has 0 aliphatic carbocycles. The lowest BCUT2D eigenvalue weighted by Crippen LogP contribution is -2.30. The number of rotatable bonds is 4. The van der Waals surface area contributed by atoms with Gasteiger partial charge in [0.05, 0.1) is 11.1 Å². The highest BCUT2D eigenvalue weighted by Gasteiger charge is 2.23. The molecule has 0 radical (unpaired) electrons. The Bertz CT molecular complexity index is 480. The molecule has 0 aromatic heterocycles. The quantitative estimate of drug-likeness (QED) is 0.891. The van der Waals surface area contributed by atoms with Crippen LogP contribution in [0.15, 0.2) is 12.1 Å². The molecule has 4 nitrogen and oxygen atoms in total. The van der Waals surface area contributed by atoms with Gasteiger partial charge in [0.1, 0.15) is 0 Å². The zero-order valence-corrected chi connectivity index (χ0v) is 11.3. The number of amides is 1. The number of carbonyl (C=O) groups is 2. The molecule has 0 spiro atoms. The van der Waals surface area contributed by atoms with E-state index in [0.29, 0.717) is 23.2 Å². The Labute approximate surface area is 107 Å². The Morgan fingerprint density at radius 2 is 1.67 bits per heavy atom. The molecule has 0 unspecified atom stereocenters. The number of hydrogen-bond donors (Lipinski definition) is 1. The van der Waals surface area contributed by atoms with Gasteiger partial charge in [-0.05, 0) is 31.4 Å². The topological polar surface area (TPSA) is 57.6 Å². The van der Waals surface area contributed by atoms with Crippen LogP contribution in [-0.4, -0.2) is 35.5 Å². The molecule has 4 heteroatoms. The van der Waals surface area contributed by atoms with Gasteiger partial charge in [-0.1, -0.05) is 19.1 Å². The molecular weight excluding hydrogens is 230 g/mol. The lowest BCUT2D eigenvalue weighted by molar-refractivity contribution is 0.0680. The smallest absolute Gasteiger partial charge is 0.336 e. The van der Waals surface area contributed by atoms with Crippen molar-refractivity contribution < 1.29 is 14.7 Å². The molecule has 1 aromatic carbocycles. The first-order chi connectivity index (χ1) is 8.40. The summed E-state index contributed by atoms with van der Waals surface area (Å²) in [5.74, 6) is -1.28. The van der Waals surface area contributed by atoms with Gasteiger partial charge in [0.15, 0.2) is 0 Å². The number of carboxylic acids is 1. The molecule has 98 valence electrons. The van der Waals surface area contributed by atoms with Crippen molar-refractivity contribution in [1.29, 1.82) is 0 Å². The van der Waals surface area contributed by atoms with E-state index < -0.39 is 5.97 Å². The zero-order valence-electron chi connectivity index (χ0n) is 11.3. The maximum absolute atomic E-state index is 12.3. The molecule has 1 aromatic rings. The van der Waals surface area contributed by atoms with E-state index in [-0.39, 0.29) is 11.5 Å². The Balaban J connectivity index is 3.34. The van der Waals surface area contributed by atoms with Crippen LogP contribution in [0.1, 0.15) is 45.2 Å². The van der Waals surface area contributed by atoms with E-state index in [1.165, 1.54) is 0 Å². The van der Waals surface area contributed by atoms with Crippen molar-refractivity contribution in [3.05, 3.63) is 34.4 Å².